The first kappa shape index (κ1) is 21.5. The molecule has 0 N–H and O–H groups in total. The summed E-state index contributed by atoms with van der Waals surface area (Å²) in [4.78, 5) is 4.61. The standard InChI is InChI=1S/C37H23N3/c1-4-16-31-25(10-1)23-35-36-28(27-13-2-5-17-32(27)40(31)35)19-20-34-37(36)29-14-3-6-18-33(29)39(34)26-12-9-11-24(22-26)30-15-7-8-21-38-30/h1-23H. The fourth-order valence-electron chi connectivity index (χ4n) is 6.66. The van der Waals surface area contributed by atoms with E-state index >= 15 is 0 Å². The highest BCUT2D eigenvalue weighted by atomic mass is 15.0. The molecule has 0 spiro atoms. The van der Waals surface area contributed by atoms with Crippen LogP contribution in [-0.4, -0.2) is 14.0 Å². The summed E-state index contributed by atoms with van der Waals surface area (Å²) in [6, 6.07) is 48.1. The molecule has 0 radical (unpaired) electrons. The predicted molar refractivity (Wildman–Crippen MR) is 167 cm³/mol. The quantitative estimate of drug-likeness (QED) is 0.213. The molecule has 9 rings (SSSR count). The number of para-hydroxylation sites is 3. The summed E-state index contributed by atoms with van der Waals surface area (Å²) in [5, 5.41) is 7.64. The third-order valence-corrected chi connectivity index (χ3v) is 8.31. The second-order valence-corrected chi connectivity index (χ2v) is 10.4. The Hall–Kier alpha value is -5.41. The number of rotatable bonds is 2. The Bertz CT molecular complexity index is 2430. The smallest absolute Gasteiger partial charge is 0.0702 e. The molecular formula is C37H23N3. The van der Waals surface area contributed by atoms with Gasteiger partial charge in [-0.3, -0.25) is 4.98 Å². The monoisotopic (exact) mass is 509 g/mol. The van der Waals surface area contributed by atoms with Crippen molar-refractivity contribution in [3.63, 3.8) is 0 Å². The van der Waals surface area contributed by atoms with Crippen LogP contribution in [0.5, 0.6) is 0 Å². The maximum Gasteiger partial charge on any atom is 0.0702 e. The molecule has 0 saturated carbocycles. The predicted octanol–water partition coefficient (Wildman–Crippen LogP) is 9.56. The van der Waals surface area contributed by atoms with Crippen molar-refractivity contribution in [2.24, 2.45) is 0 Å². The number of hydrogen-bond donors (Lipinski definition) is 0. The van der Waals surface area contributed by atoms with E-state index in [1.54, 1.807) is 0 Å². The zero-order valence-electron chi connectivity index (χ0n) is 21.6. The maximum absolute atomic E-state index is 4.61. The van der Waals surface area contributed by atoms with E-state index in [-0.39, 0.29) is 0 Å². The van der Waals surface area contributed by atoms with E-state index in [0.717, 1.165) is 16.9 Å². The van der Waals surface area contributed by atoms with Crippen LogP contribution in [0.4, 0.5) is 0 Å². The molecule has 9 aromatic rings. The molecule has 0 fully saturated rings. The van der Waals surface area contributed by atoms with Gasteiger partial charge in [0.1, 0.15) is 0 Å². The number of nitrogens with zero attached hydrogens (tertiary/aromatic N) is 3. The van der Waals surface area contributed by atoms with Gasteiger partial charge in [-0.05, 0) is 60.0 Å². The van der Waals surface area contributed by atoms with Crippen LogP contribution >= 0.6 is 0 Å². The van der Waals surface area contributed by atoms with Crippen molar-refractivity contribution in [1.29, 1.82) is 0 Å². The first-order valence-electron chi connectivity index (χ1n) is 13.7. The Labute approximate surface area is 230 Å². The molecule has 0 unspecified atom stereocenters. The lowest BCUT2D eigenvalue weighted by atomic mass is 10.00. The van der Waals surface area contributed by atoms with Gasteiger partial charge < -0.3 is 8.97 Å². The summed E-state index contributed by atoms with van der Waals surface area (Å²) in [7, 11) is 0. The van der Waals surface area contributed by atoms with Crippen molar-refractivity contribution in [3.8, 4) is 16.9 Å². The van der Waals surface area contributed by atoms with Crippen molar-refractivity contribution in [2.75, 3.05) is 0 Å². The third-order valence-electron chi connectivity index (χ3n) is 8.31. The number of benzene rings is 5. The van der Waals surface area contributed by atoms with Gasteiger partial charge in [0.25, 0.3) is 0 Å². The lowest BCUT2D eigenvalue weighted by Gasteiger charge is -2.13. The molecule has 0 bridgehead atoms. The maximum atomic E-state index is 4.61. The van der Waals surface area contributed by atoms with Crippen LogP contribution in [0.1, 0.15) is 0 Å². The van der Waals surface area contributed by atoms with Crippen LogP contribution in [0.15, 0.2) is 140 Å². The van der Waals surface area contributed by atoms with Crippen LogP contribution < -0.4 is 0 Å². The lowest BCUT2D eigenvalue weighted by molar-refractivity contribution is 1.18. The fraction of sp³-hybridized carbons (Fsp3) is 0. The topological polar surface area (TPSA) is 22.2 Å². The van der Waals surface area contributed by atoms with Crippen LogP contribution in [0.25, 0.3) is 76.8 Å². The van der Waals surface area contributed by atoms with Crippen molar-refractivity contribution in [3.05, 3.63) is 140 Å². The number of pyridine rings is 2. The lowest BCUT2D eigenvalue weighted by Crippen LogP contribution is -1.95. The van der Waals surface area contributed by atoms with E-state index < -0.39 is 0 Å². The molecule has 0 aliphatic carbocycles. The Morgan fingerprint density at radius 3 is 2.08 bits per heavy atom. The van der Waals surface area contributed by atoms with E-state index in [9.17, 15) is 0 Å². The Morgan fingerprint density at radius 2 is 1.20 bits per heavy atom. The van der Waals surface area contributed by atoms with Gasteiger partial charge in [-0.1, -0.05) is 78.9 Å². The molecular weight excluding hydrogens is 486 g/mol. The largest absolute Gasteiger partial charge is 0.309 e. The van der Waals surface area contributed by atoms with Gasteiger partial charge in [-0.25, -0.2) is 0 Å². The van der Waals surface area contributed by atoms with Gasteiger partial charge >= 0.3 is 0 Å². The molecule has 0 aliphatic heterocycles. The molecule has 0 aliphatic rings. The molecule has 5 aromatic carbocycles. The van der Waals surface area contributed by atoms with Crippen molar-refractivity contribution in [1.82, 2.24) is 14.0 Å². The van der Waals surface area contributed by atoms with E-state index in [1.165, 1.54) is 59.9 Å². The third kappa shape index (κ3) is 2.86. The average Bonchev–Trinajstić information content (AvgIpc) is 3.58. The van der Waals surface area contributed by atoms with E-state index in [4.69, 9.17) is 0 Å². The molecule has 0 amide bonds. The molecule has 0 saturated heterocycles. The minimum absolute atomic E-state index is 0.976. The first-order valence-corrected chi connectivity index (χ1v) is 13.7. The minimum atomic E-state index is 0.976. The van der Waals surface area contributed by atoms with Crippen LogP contribution in [0.2, 0.25) is 0 Å². The Kier molecular flexibility index (Phi) is 4.33. The summed E-state index contributed by atoms with van der Waals surface area (Å²) in [5.41, 5.74) is 9.33. The molecule has 0 atom stereocenters. The summed E-state index contributed by atoms with van der Waals surface area (Å²) in [6.45, 7) is 0. The van der Waals surface area contributed by atoms with Crippen LogP contribution in [0.3, 0.4) is 0 Å². The highest BCUT2D eigenvalue weighted by molar-refractivity contribution is 6.30. The molecule has 40 heavy (non-hydrogen) atoms. The normalized spacial score (nSPS) is 12.0. The number of hydrogen-bond acceptors (Lipinski definition) is 1. The second-order valence-electron chi connectivity index (χ2n) is 10.4. The van der Waals surface area contributed by atoms with E-state index in [1.807, 2.05) is 18.3 Å². The van der Waals surface area contributed by atoms with E-state index in [0.29, 0.717) is 0 Å². The molecule has 3 nitrogen and oxygen atoms in total. The SMILES string of the molecule is c1ccc(-c2cccc(-n3c4ccccc4c4c5c(ccc43)c3ccccc3n3c4ccccc4cc53)c2)nc1. The fourth-order valence-corrected chi connectivity index (χ4v) is 6.66. The first-order chi connectivity index (χ1) is 19.9. The number of fused-ring (bicyclic) bond motifs is 12. The van der Waals surface area contributed by atoms with Crippen molar-refractivity contribution < 1.29 is 0 Å². The van der Waals surface area contributed by atoms with Gasteiger partial charge in [0.2, 0.25) is 0 Å². The zero-order chi connectivity index (χ0) is 26.2. The van der Waals surface area contributed by atoms with E-state index in [2.05, 4.69) is 135 Å². The Morgan fingerprint density at radius 1 is 0.450 bits per heavy atom. The van der Waals surface area contributed by atoms with Gasteiger partial charge in [0.05, 0.1) is 33.3 Å². The highest BCUT2D eigenvalue weighted by Crippen LogP contribution is 2.42. The molecule has 3 heteroatoms. The molecule has 4 aromatic heterocycles. The van der Waals surface area contributed by atoms with Gasteiger partial charge in [0, 0.05) is 44.4 Å². The van der Waals surface area contributed by atoms with Gasteiger partial charge in [0.15, 0.2) is 0 Å². The Balaban J connectivity index is 1.49. The summed E-state index contributed by atoms with van der Waals surface area (Å²) in [5.74, 6) is 0. The number of aromatic nitrogens is 3. The highest BCUT2D eigenvalue weighted by Gasteiger charge is 2.19. The summed E-state index contributed by atoms with van der Waals surface area (Å²) in [6.07, 6.45) is 1.85. The minimum Gasteiger partial charge on any atom is -0.309 e. The van der Waals surface area contributed by atoms with Gasteiger partial charge in [-0.15, -0.1) is 0 Å². The van der Waals surface area contributed by atoms with Crippen LogP contribution in [-0.2, 0) is 0 Å². The molecule has 4 heterocycles. The summed E-state index contributed by atoms with van der Waals surface area (Å²) < 4.78 is 4.85. The van der Waals surface area contributed by atoms with Crippen LogP contribution in [0, 0.1) is 0 Å². The summed E-state index contributed by atoms with van der Waals surface area (Å²) >= 11 is 0. The van der Waals surface area contributed by atoms with Crippen molar-refractivity contribution >= 4 is 59.9 Å². The van der Waals surface area contributed by atoms with Gasteiger partial charge in [-0.2, -0.15) is 0 Å². The van der Waals surface area contributed by atoms with Crippen molar-refractivity contribution in [2.45, 2.75) is 0 Å². The average molecular weight is 510 g/mol. The zero-order valence-corrected chi connectivity index (χ0v) is 21.6. The second kappa shape index (κ2) is 8.05. The molecule has 186 valence electrons.